The minimum Gasteiger partial charge on any atom is -0.254 e. The Kier molecular flexibility index (Phi) is 10.0. The smallest absolute Gasteiger partial charge is 0.254 e. The van der Waals surface area contributed by atoms with Crippen molar-refractivity contribution >= 4 is 114 Å². The maximum absolute atomic E-state index is 11.1. The molecule has 306 valence electrons. The predicted octanol–water partition coefficient (Wildman–Crippen LogP) is 4.97. The molecule has 18 nitrogen and oxygen atoms in total. The molecule has 0 atom stereocenters. The van der Waals surface area contributed by atoms with Gasteiger partial charge in [-0.1, -0.05) is 72.8 Å². The number of rotatable bonds is 0. The van der Waals surface area contributed by atoms with E-state index >= 15 is 0 Å². The van der Waals surface area contributed by atoms with Crippen molar-refractivity contribution in [3.63, 3.8) is 0 Å². The maximum Gasteiger partial charge on any atom is 2.00 e. The SMILES string of the molecule is O=C1[O][Ge-2]23([O]C1=O)([O]C(=O)C(=O)[O]2)[O]C(=O)C(=O)[O]3.[Fe+2].c1cnc2c(c1)ccc1cccnc12.c1cnc2c(c1)ccc1cccnc12.c1cnc2c(c1)ccc1cccnc12. The molecule has 0 aliphatic carbocycles. The molecule has 1 spiro atoms. The first-order valence-electron chi connectivity index (χ1n) is 18.0. The van der Waals surface area contributed by atoms with E-state index in [0.717, 1.165) is 65.4 Å². The normalized spacial score (nSPS) is 17.2. The average molecular weight is 933 g/mol. The standard InChI is InChI=1S/3C12H8N2.C6GeO12.Fe/c3*1-3-9-5-6-10-4-2-8-14-12(10)11(9)13-7-1;8-1-2(9)15-7(14-1,16-3(10)4(11)17-7)18-5(12)6(13)19-7;/h3*1-8H;;/q;;;-2;+2. The van der Waals surface area contributed by atoms with Crippen molar-refractivity contribution in [3.8, 4) is 0 Å². The van der Waals surface area contributed by atoms with E-state index in [2.05, 4.69) is 125 Å². The molecule has 3 aromatic carbocycles. The summed E-state index contributed by atoms with van der Waals surface area (Å²) in [5.74, 6) is -10.9. The fraction of sp³-hybridized carbons (Fsp3) is 0. The van der Waals surface area contributed by atoms with Gasteiger partial charge in [-0.25, -0.2) is 0 Å². The number of aromatic nitrogens is 6. The van der Waals surface area contributed by atoms with Crippen LogP contribution in [0.4, 0.5) is 0 Å². The summed E-state index contributed by atoms with van der Waals surface area (Å²) < 4.78 is 25.5. The minimum atomic E-state index is -7.81. The van der Waals surface area contributed by atoms with Crippen molar-refractivity contribution in [1.29, 1.82) is 0 Å². The second-order valence-corrected chi connectivity index (χ2v) is 21.0. The zero-order chi connectivity index (χ0) is 42.3. The molecule has 0 amide bonds. The van der Waals surface area contributed by atoms with Gasteiger partial charge in [-0.15, -0.1) is 0 Å². The number of carbonyl (C=O) groups excluding carboxylic acids is 6. The van der Waals surface area contributed by atoms with E-state index in [0.29, 0.717) is 0 Å². The molecule has 62 heavy (non-hydrogen) atoms. The van der Waals surface area contributed by atoms with Gasteiger partial charge in [0.25, 0.3) is 0 Å². The van der Waals surface area contributed by atoms with Crippen molar-refractivity contribution in [3.05, 3.63) is 146 Å². The Morgan fingerprint density at radius 2 is 0.435 bits per heavy atom. The monoisotopic (exact) mass is 934 g/mol. The number of fused-ring (bicyclic) bond motifs is 9. The Morgan fingerprint density at radius 3 is 0.597 bits per heavy atom. The van der Waals surface area contributed by atoms with Crippen molar-refractivity contribution < 1.29 is 68.4 Å². The Bertz CT molecular complexity index is 2810. The van der Waals surface area contributed by atoms with E-state index < -0.39 is 48.9 Å². The van der Waals surface area contributed by atoms with Crippen LogP contribution in [0.25, 0.3) is 65.4 Å². The Labute approximate surface area is 357 Å². The van der Waals surface area contributed by atoms with Crippen LogP contribution in [0.15, 0.2) is 146 Å². The molecular formula is C42H24FeGeN6O12. The maximum atomic E-state index is 11.1. The minimum absolute atomic E-state index is 0. The quantitative estimate of drug-likeness (QED) is 0.111. The van der Waals surface area contributed by atoms with Crippen LogP contribution >= 0.6 is 0 Å². The van der Waals surface area contributed by atoms with Crippen molar-refractivity contribution in [2.45, 2.75) is 0 Å². The van der Waals surface area contributed by atoms with Crippen molar-refractivity contribution in [1.82, 2.24) is 29.9 Å². The van der Waals surface area contributed by atoms with Gasteiger partial charge < -0.3 is 0 Å². The summed E-state index contributed by atoms with van der Waals surface area (Å²) in [6.07, 6.45) is 10.8. The second-order valence-electron chi connectivity index (χ2n) is 13.2. The fourth-order valence-corrected chi connectivity index (χ4v) is 13.9. The molecule has 3 fully saturated rings. The van der Waals surface area contributed by atoms with E-state index in [9.17, 15) is 28.8 Å². The van der Waals surface area contributed by atoms with Gasteiger partial charge in [0.2, 0.25) is 0 Å². The predicted molar refractivity (Wildman–Crippen MR) is 213 cm³/mol. The Hall–Kier alpha value is -8.00. The van der Waals surface area contributed by atoms with Gasteiger partial charge in [0.05, 0.1) is 33.1 Å². The van der Waals surface area contributed by atoms with E-state index in [1.54, 1.807) is 37.2 Å². The van der Waals surface area contributed by atoms with Crippen LogP contribution in [0.5, 0.6) is 0 Å². The number of hydrogen-bond donors (Lipinski definition) is 0. The molecule has 0 bridgehead atoms. The van der Waals surface area contributed by atoms with Crippen LogP contribution in [-0.4, -0.2) is 78.8 Å². The first-order chi connectivity index (χ1) is 29.5. The Morgan fingerprint density at radius 1 is 0.274 bits per heavy atom. The summed E-state index contributed by atoms with van der Waals surface area (Å²) in [5, 5.41) is 6.83. The molecular weight excluding hydrogens is 909 g/mol. The van der Waals surface area contributed by atoms with E-state index in [1.165, 1.54) is 0 Å². The van der Waals surface area contributed by atoms with E-state index in [1.807, 2.05) is 36.4 Å². The molecule has 3 aliphatic heterocycles. The number of carbonyl (C=O) groups is 6. The molecule has 6 aromatic heterocycles. The van der Waals surface area contributed by atoms with Crippen LogP contribution in [0.2, 0.25) is 0 Å². The van der Waals surface area contributed by atoms with Gasteiger partial charge in [-0.3, -0.25) is 29.9 Å². The number of pyridine rings is 6. The van der Waals surface area contributed by atoms with Crippen LogP contribution in [0.3, 0.4) is 0 Å². The fourth-order valence-electron chi connectivity index (χ4n) is 6.74. The van der Waals surface area contributed by atoms with E-state index in [-0.39, 0.29) is 17.1 Å². The molecule has 3 saturated heterocycles. The van der Waals surface area contributed by atoms with Gasteiger partial charge in [0, 0.05) is 69.5 Å². The van der Waals surface area contributed by atoms with Gasteiger partial charge in [-0.2, -0.15) is 0 Å². The molecule has 0 radical (unpaired) electrons. The summed E-state index contributed by atoms with van der Waals surface area (Å²) in [4.78, 5) is 92.7. The third-order valence-electron chi connectivity index (χ3n) is 9.34. The Balaban J connectivity index is 0.000000114. The summed E-state index contributed by atoms with van der Waals surface area (Å²) in [5.41, 5.74) is 5.86. The number of hydrogen-bond acceptors (Lipinski definition) is 18. The van der Waals surface area contributed by atoms with Crippen LogP contribution in [0, 0.1) is 0 Å². The van der Waals surface area contributed by atoms with Gasteiger partial charge in [0.15, 0.2) is 0 Å². The summed E-state index contributed by atoms with van der Waals surface area (Å²) >= 11 is -7.81. The summed E-state index contributed by atoms with van der Waals surface area (Å²) in [6.45, 7) is 0. The van der Waals surface area contributed by atoms with Gasteiger partial charge in [-0.05, 0) is 36.4 Å². The van der Waals surface area contributed by atoms with Crippen LogP contribution in [0.1, 0.15) is 0 Å². The van der Waals surface area contributed by atoms with Gasteiger partial charge in [0.1, 0.15) is 0 Å². The molecule has 0 unspecified atom stereocenters. The zero-order valence-electron chi connectivity index (χ0n) is 31.3. The first kappa shape index (κ1) is 40.8. The first-order valence-corrected chi connectivity index (χ1v) is 23.2. The van der Waals surface area contributed by atoms with Gasteiger partial charge >= 0.3 is 117 Å². The molecule has 9 aromatic rings. The van der Waals surface area contributed by atoms with Crippen LogP contribution in [-0.2, 0) is 68.4 Å². The number of nitrogens with zero attached hydrogens (tertiary/aromatic N) is 6. The molecule has 3 aliphatic rings. The summed E-state index contributed by atoms with van der Waals surface area (Å²) in [6, 6.07) is 36.4. The summed E-state index contributed by atoms with van der Waals surface area (Å²) in [7, 11) is 0. The molecule has 0 N–H and O–H groups in total. The molecule has 12 rings (SSSR count). The number of benzene rings is 3. The van der Waals surface area contributed by atoms with Crippen LogP contribution < -0.4 is 0 Å². The van der Waals surface area contributed by atoms with E-state index in [4.69, 9.17) is 0 Å². The zero-order valence-corrected chi connectivity index (χ0v) is 34.5. The third kappa shape index (κ3) is 7.00. The largest absolute Gasteiger partial charge is 2.00 e. The van der Waals surface area contributed by atoms with Crippen molar-refractivity contribution in [2.24, 2.45) is 0 Å². The average Bonchev–Trinajstić information content (AvgIpc) is 3.76. The second kappa shape index (κ2) is 15.2. The topological polar surface area (TPSA) is 235 Å². The molecule has 9 heterocycles. The third-order valence-corrected chi connectivity index (χ3v) is 16.9. The molecule has 0 saturated carbocycles. The van der Waals surface area contributed by atoms with Crippen molar-refractivity contribution in [2.75, 3.05) is 0 Å². The molecule has 20 heteroatoms.